The summed E-state index contributed by atoms with van der Waals surface area (Å²) in [4.78, 5) is 8.89. The minimum absolute atomic E-state index is 0.483. The van der Waals surface area contributed by atoms with Crippen molar-refractivity contribution in [2.75, 3.05) is 5.73 Å². The molecular formula is C15H13ClN4. The number of rotatable bonds is 2. The molecule has 1 aliphatic carbocycles. The van der Waals surface area contributed by atoms with E-state index in [0.717, 1.165) is 27.4 Å². The molecule has 4 rings (SSSR count). The van der Waals surface area contributed by atoms with Gasteiger partial charge in [-0.15, -0.1) is 0 Å². The Morgan fingerprint density at radius 2 is 2.10 bits per heavy atom. The Hall–Kier alpha value is -2.07. The second-order valence-electron chi connectivity index (χ2n) is 5.15. The Balaban J connectivity index is 2.04. The first-order valence-electron chi connectivity index (χ1n) is 6.61. The molecule has 0 amide bonds. The number of fused-ring (bicyclic) bond motifs is 1. The highest BCUT2D eigenvalue weighted by molar-refractivity contribution is 6.35. The van der Waals surface area contributed by atoms with Crippen molar-refractivity contribution < 1.29 is 0 Å². The largest absolute Gasteiger partial charge is 0.397 e. The number of aromatic nitrogens is 3. The Bertz CT molecular complexity index is 805. The molecule has 2 heterocycles. The van der Waals surface area contributed by atoms with E-state index in [4.69, 9.17) is 22.3 Å². The molecule has 5 heteroatoms. The monoisotopic (exact) mass is 284 g/mol. The predicted molar refractivity (Wildman–Crippen MR) is 80.7 cm³/mol. The molecule has 1 aliphatic rings. The number of pyridine rings is 1. The minimum Gasteiger partial charge on any atom is -0.397 e. The fourth-order valence-corrected chi connectivity index (χ4v) is 2.84. The highest BCUT2D eigenvalue weighted by Gasteiger charge is 2.29. The summed E-state index contributed by atoms with van der Waals surface area (Å²) in [6.45, 7) is 0. The average Bonchev–Trinajstić information content (AvgIpc) is 3.19. The maximum Gasteiger partial charge on any atom is 0.143 e. The molecule has 0 unspecified atom stereocenters. The van der Waals surface area contributed by atoms with Crippen LogP contribution in [0.15, 0.2) is 36.7 Å². The van der Waals surface area contributed by atoms with Crippen LogP contribution in [0.3, 0.4) is 0 Å². The molecule has 0 saturated heterocycles. The predicted octanol–water partition coefficient (Wildman–Crippen LogP) is 3.67. The number of para-hydroxylation sites is 1. The lowest BCUT2D eigenvalue weighted by molar-refractivity contribution is 0.775. The molecule has 2 aromatic heterocycles. The lowest BCUT2D eigenvalue weighted by Gasteiger charge is -2.08. The first-order valence-corrected chi connectivity index (χ1v) is 6.99. The van der Waals surface area contributed by atoms with E-state index in [1.165, 1.54) is 12.8 Å². The van der Waals surface area contributed by atoms with Crippen molar-refractivity contribution in [2.24, 2.45) is 0 Å². The number of nitrogens with two attached hydrogens (primary N) is 1. The van der Waals surface area contributed by atoms with Crippen LogP contribution in [0.25, 0.3) is 22.4 Å². The van der Waals surface area contributed by atoms with Crippen molar-refractivity contribution in [1.29, 1.82) is 0 Å². The van der Waals surface area contributed by atoms with E-state index in [0.29, 0.717) is 11.7 Å². The van der Waals surface area contributed by atoms with Gasteiger partial charge in [0, 0.05) is 24.0 Å². The van der Waals surface area contributed by atoms with E-state index >= 15 is 0 Å². The SMILES string of the molecule is Nc1cncc(-c2nc3cccc(Cl)c3n2C2CC2)c1. The number of imidazole rings is 1. The average molecular weight is 285 g/mol. The first kappa shape index (κ1) is 11.7. The van der Waals surface area contributed by atoms with Gasteiger partial charge in [-0.3, -0.25) is 4.98 Å². The molecule has 0 spiro atoms. The zero-order chi connectivity index (χ0) is 13.7. The fourth-order valence-electron chi connectivity index (χ4n) is 2.58. The molecule has 0 bridgehead atoms. The van der Waals surface area contributed by atoms with Crippen LogP contribution in [0.1, 0.15) is 18.9 Å². The van der Waals surface area contributed by atoms with Crippen molar-refractivity contribution in [2.45, 2.75) is 18.9 Å². The van der Waals surface area contributed by atoms with E-state index in [9.17, 15) is 0 Å². The summed E-state index contributed by atoms with van der Waals surface area (Å²) in [7, 11) is 0. The molecule has 100 valence electrons. The standard InChI is InChI=1S/C15H13ClN4/c16-12-2-1-3-13-14(12)20(11-4-5-11)15(19-13)9-6-10(17)8-18-7-9/h1-3,6-8,11H,4-5,17H2. The molecule has 2 N–H and O–H groups in total. The second kappa shape index (κ2) is 4.21. The number of hydrogen-bond donors (Lipinski definition) is 1. The number of hydrogen-bond acceptors (Lipinski definition) is 3. The van der Waals surface area contributed by atoms with Gasteiger partial charge in [0.15, 0.2) is 0 Å². The van der Waals surface area contributed by atoms with Gasteiger partial charge in [-0.05, 0) is 31.0 Å². The normalized spacial score (nSPS) is 14.8. The second-order valence-corrected chi connectivity index (χ2v) is 5.56. The van der Waals surface area contributed by atoms with Crippen LogP contribution in [0, 0.1) is 0 Å². The van der Waals surface area contributed by atoms with E-state index in [1.54, 1.807) is 12.4 Å². The maximum atomic E-state index is 6.36. The molecule has 0 aliphatic heterocycles. The Labute approximate surface area is 121 Å². The topological polar surface area (TPSA) is 56.7 Å². The van der Waals surface area contributed by atoms with Gasteiger partial charge in [0.1, 0.15) is 5.82 Å². The smallest absolute Gasteiger partial charge is 0.143 e. The van der Waals surface area contributed by atoms with Crippen molar-refractivity contribution >= 4 is 28.3 Å². The molecule has 1 aromatic carbocycles. The van der Waals surface area contributed by atoms with Gasteiger partial charge in [-0.25, -0.2) is 4.98 Å². The van der Waals surface area contributed by atoms with E-state index in [-0.39, 0.29) is 0 Å². The third kappa shape index (κ3) is 1.76. The molecule has 1 fully saturated rings. The third-order valence-corrected chi connectivity index (χ3v) is 3.90. The molecule has 1 saturated carbocycles. The van der Waals surface area contributed by atoms with Crippen molar-refractivity contribution in [3.8, 4) is 11.4 Å². The zero-order valence-corrected chi connectivity index (χ0v) is 11.5. The van der Waals surface area contributed by atoms with Crippen LogP contribution in [0.2, 0.25) is 5.02 Å². The van der Waals surface area contributed by atoms with E-state index < -0.39 is 0 Å². The molecule has 20 heavy (non-hydrogen) atoms. The van der Waals surface area contributed by atoms with Crippen molar-refractivity contribution in [3.63, 3.8) is 0 Å². The van der Waals surface area contributed by atoms with Gasteiger partial charge in [-0.2, -0.15) is 0 Å². The van der Waals surface area contributed by atoms with Gasteiger partial charge in [-0.1, -0.05) is 17.7 Å². The summed E-state index contributed by atoms with van der Waals surface area (Å²) in [5.74, 6) is 0.899. The van der Waals surface area contributed by atoms with E-state index in [1.807, 2.05) is 24.3 Å². The van der Waals surface area contributed by atoms with Gasteiger partial charge in [0.05, 0.1) is 21.7 Å². The summed E-state index contributed by atoms with van der Waals surface area (Å²) in [6, 6.07) is 8.21. The highest BCUT2D eigenvalue weighted by Crippen LogP contribution is 2.42. The number of halogens is 1. The number of benzene rings is 1. The summed E-state index contributed by atoms with van der Waals surface area (Å²) >= 11 is 6.36. The number of nitrogen functional groups attached to an aromatic ring is 1. The third-order valence-electron chi connectivity index (χ3n) is 3.59. The summed E-state index contributed by atoms with van der Waals surface area (Å²) in [5, 5.41) is 0.741. The van der Waals surface area contributed by atoms with Gasteiger partial charge in [0.2, 0.25) is 0 Å². The van der Waals surface area contributed by atoms with Crippen LogP contribution in [0.4, 0.5) is 5.69 Å². The van der Waals surface area contributed by atoms with Crippen molar-refractivity contribution in [1.82, 2.24) is 14.5 Å². The Morgan fingerprint density at radius 1 is 1.25 bits per heavy atom. The van der Waals surface area contributed by atoms with Crippen LogP contribution >= 0.6 is 11.6 Å². The summed E-state index contributed by atoms with van der Waals surface area (Å²) < 4.78 is 2.23. The lowest BCUT2D eigenvalue weighted by atomic mass is 10.2. The zero-order valence-electron chi connectivity index (χ0n) is 10.8. The minimum atomic E-state index is 0.483. The fraction of sp³-hybridized carbons (Fsp3) is 0.200. The van der Waals surface area contributed by atoms with Crippen molar-refractivity contribution in [3.05, 3.63) is 41.7 Å². The Kier molecular flexibility index (Phi) is 2.47. The molecule has 4 nitrogen and oxygen atoms in total. The summed E-state index contributed by atoms with van der Waals surface area (Å²) in [6.07, 6.45) is 5.77. The number of anilines is 1. The molecule has 0 radical (unpaired) electrons. The molecular weight excluding hydrogens is 272 g/mol. The molecule has 0 atom stereocenters. The summed E-state index contributed by atoms with van der Waals surface area (Å²) in [5.41, 5.74) is 9.34. The van der Waals surface area contributed by atoms with Crippen LogP contribution < -0.4 is 5.73 Å². The van der Waals surface area contributed by atoms with E-state index in [2.05, 4.69) is 9.55 Å². The maximum absolute atomic E-state index is 6.36. The Morgan fingerprint density at radius 3 is 2.85 bits per heavy atom. The van der Waals surface area contributed by atoms with Crippen LogP contribution in [0.5, 0.6) is 0 Å². The quantitative estimate of drug-likeness (QED) is 0.781. The van der Waals surface area contributed by atoms with Crippen LogP contribution in [-0.4, -0.2) is 14.5 Å². The van der Waals surface area contributed by atoms with Gasteiger partial charge >= 0.3 is 0 Å². The lowest BCUT2D eigenvalue weighted by Crippen LogP contribution is -1.99. The van der Waals surface area contributed by atoms with Gasteiger partial charge < -0.3 is 10.3 Å². The highest BCUT2D eigenvalue weighted by atomic mass is 35.5. The first-order chi connectivity index (χ1) is 9.74. The van der Waals surface area contributed by atoms with Gasteiger partial charge in [0.25, 0.3) is 0 Å². The molecule has 3 aromatic rings. The van der Waals surface area contributed by atoms with Crippen LogP contribution in [-0.2, 0) is 0 Å². The number of nitrogens with zero attached hydrogens (tertiary/aromatic N) is 3.